The van der Waals surface area contributed by atoms with Gasteiger partial charge in [-0.2, -0.15) is 0 Å². The smallest absolute Gasteiger partial charge is 0.306 e. The van der Waals surface area contributed by atoms with E-state index >= 15 is 0 Å². The Morgan fingerprint density at radius 3 is 0.709 bits per heavy atom. The van der Waals surface area contributed by atoms with E-state index in [-0.39, 0.29) is 31.1 Å². The molecule has 0 saturated carbocycles. The third kappa shape index (κ3) is 66.3. The van der Waals surface area contributed by atoms with E-state index in [1.165, 1.54) is 276 Å². The van der Waals surface area contributed by atoms with Crippen LogP contribution in [0.25, 0.3) is 0 Å². The minimum absolute atomic E-state index is 0.0683. The molecule has 0 saturated heterocycles. The number of ether oxygens (including phenoxy) is 3. The Labute approximate surface area is 493 Å². The largest absolute Gasteiger partial charge is 0.462 e. The van der Waals surface area contributed by atoms with Crippen LogP contribution in [0, 0.1) is 0 Å². The minimum Gasteiger partial charge on any atom is -0.462 e. The first-order chi connectivity index (χ1) is 39.0. The third-order valence-electron chi connectivity index (χ3n) is 16.1. The maximum Gasteiger partial charge on any atom is 0.306 e. The molecule has 0 rings (SSSR count). The predicted octanol–water partition coefficient (Wildman–Crippen LogP) is 24.3. The molecule has 0 aliphatic rings. The molecule has 0 aromatic carbocycles. The Kier molecular flexibility index (Phi) is 66.1. The normalized spacial score (nSPS) is 12.2. The van der Waals surface area contributed by atoms with E-state index in [2.05, 4.69) is 57.2 Å². The average Bonchev–Trinajstić information content (AvgIpc) is 3.45. The first-order valence-corrected chi connectivity index (χ1v) is 35.5. The molecule has 1 atom stereocenters. The SMILES string of the molecule is CCCCCCC/C=C\C/C=C\C/C=C\CCCCCCCCCCC(=O)OCC(COC(=O)CCCCCCCCCCCCCCCCCCC)OC(=O)CCCCCCCCCCCCCCCCCCCCCCC. The third-order valence-corrected chi connectivity index (χ3v) is 16.1. The van der Waals surface area contributed by atoms with Crippen LogP contribution in [0.2, 0.25) is 0 Å². The number of carbonyl (C=O) groups is 3. The zero-order valence-electron chi connectivity index (χ0n) is 53.4. The Morgan fingerprint density at radius 1 is 0.253 bits per heavy atom. The molecule has 6 heteroatoms. The van der Waals surface area contributed by atoms with Crippen molar-refractivity contribution < 1.29 is 28.6 Å². The van der Waals surface area contributed by atoms with E-state index in [0.29, 0.717) is 19.3 Å². The molecule has 1 unspecified atom stereocenters. The molecule has 0 aromatic heterocycles. The maximum absolute atomic E-state index is 13.0. The van der Waals surface area contributed by atoms with Crippen molar-refractivity contribution >= 4 is 17.9 Å². The summed E-state index contributed by atoms with van der Waals surface area (Å²) >= 11 is 0. The molecule has 0 fully saturated rings. The van der Waals surface area contributed by atoms with Crippen LogP contribution in [-0.2, 0) is 28.6 Å². The van der Waals surface area contributed by atoms with E-state index in [0.717, 1.165) is 77.0 Å². The van der Waals surface area contributed by atoms with Gasteiger partial charge in [0.25, 0.3) is 0 Å². The van der Waals surface area contributed by atoms with Gasteiger partial charge in [0, 0.05) is 19.3 Å². The second-order valence-corrected chi connectivity index (χ2v) is 24.2. The highest BCUT2D eigenvalue weighted by Crippen LogP contribution is 2.19. The van der Waals surface area contributed by atoms with E-state index in [4.69, 9.17) is 14.2 Å². The second-order valence-electron chi connectivity index (χ2n) is 24.2. The van der Waals surface area contributed by atoms with Gasteiger partial charge < -0.3 is 14.2 Å². The van der Waals surface area contributed by atoms with Gasteiger partial charge in [-0.3, -0.25) is 14.4 Å². The van der Waals surface area contributed by atoms with Crippen molar-refractivity contribution in [1.82, 2.24) is 0 Å². The van der Waals surface area contributed by atoms with Gasteiger partial charge in [-0.05, 0) is 57.8 Å². The number of rotatable bonds is 66. The van der Waals surface area contributed by atoms with Crippen LogP contribution >= 0.6 is 0 Å². The maximum atomic E-state index is 13.0. The summed E-state index contributed by atoms with van der Waals surface area (Å²) in [4.78, 5) is 38.5. The molecule has 464 valence electrons. The van der Waals surface area contributed by atoms with E-state index in [9.17, 15) is 14.4 Å². The summed E-state index contributed by atoms with van der Waals surface area (Å²) in [5.41, 5.74) is 0. The van der Waals surface area contributed by atoms with Gasteiger partial charge in [0.05, 0.1) is 0 Å². The van der Waals surface area contributed by atoms with Crippen molar-refractivity contribution in [2.75, 3.05) is 13.2 Å². The lowest BCUT2D eigenvalue weighted by atomic mass is 10.0. The zero-order valence-corrected chi connectivity index (χ0v) is 53.4. The fourth-order valence-corrected chi connectivity index (χ4v) is 10.8. The van der Waals surface area contributed by atoms with Gasteiger partial charge in [-0.25, -0.2) is 0 Å². The van der Waals surface area contributed by atoms with Crippen LogP contribution < -0.4 is 0 Å². The molecule has 0 amide bonds. The van der Waals surface area contributed by atoms with Crippen molar-refractivity contribution in [1.29, 1.82) is 0 Å². The lowest BCUT2D eigenvalue weighted by molar-refractivity contribution is -0.167. The van der Waals surface area contributed by atoms with Crippen molar-refractivity contribution in [3.05, 3.63) is 36.5 Å². The average molecular weight is 1110 g/mol. The molecular formula is C73H136O6. The molecule has 0 aliphatic heterocycles. The monoisotopic (exact) mass is 1110 g/mol. The quantitative estimate of drug-likeness (QED) is 0.0261. The molecule has 0 heterocycles. The first-order valence-electron chi connectivity index (χ1n) is 35.5. The minimum atomic E-state index is -0.773. The fraction of sp³-hybridized carbons (Fsp3) is 0.877. The second kappa shape index (κ2) is 68.1. The summed E-state index contributed by atoms with van der Waals surface area (Å²) in [6.07, 6.45) is 84.5. The highest BCUT2D eigenvalue weighted by molar-refractivity contribution is 5.71. The van der Waals surface area contributed by atoms with Crippen molar-refractivity contribution in [2.24, 2.45) is 0 Å². The van der Waals surface area contributed by atoms with Crippen molar-refractivity contribution in [2.45, 2.75) is 399 Å². The summed E-state index contributed by atoms with van der Waals surface area (Å²) in [6.45, 7) is 6.71. The number of carbonyl (C=O) groups excluding carboxylic acids is 3. The topological polar surface area (TPSA) is 78.9 Å². The number of hydrogen-bond acceptors (Lipinski definition) is 6. The summed E-state index contributed by atoms with van der Waals surface area (Å²) in [7, 11) is 0. The molecule has 0 spiro atoms. The van der Waals surface area contributed by atoms with Crippen LogP contribution in [0.1, 0.15) is 393 Å². The van der Waals surface area contributed by atoms with E-state index in [1.54, 1.807) is 0 Å². The highest BCUT2D eigenvalue weighted by Gasteiger charge is 2.19. The molecular weight excluding hydrogens is 973 g/mol. The van der Waals surface area contributed by atoms with E-state index < -0.39 is 6.10 Å². The van der Waals surface area contributed by atoms with Crippen LogP contribution in [0.15, 0.2) is 36.5 Å². The van der Waals surface area contributed by atoms with Crippen molar-refractivity contribution in [3.8, 4) is 0 Å². The summed E-state index contributed by atoms with van der Waals surface area (Å²) < 4.78 is 17.0. The number of allylic oxidation sites excluding steroid dienone is 6. The molecule has 0 N–H and O–H groups in total. The standard InChI is InChI=1S/C73H136O6/c1-4-7-10-13-16-19-22-25-28-31-33-35-36-38-39-42-45-48-51-54-57-60-63-66-72(75)78-69-70(68-77-71(74)65-62-59-56-53-50-47-44-41-30-27-24-21-18-15-12-9-6-3)79-73(76)67-64-61-58-55-52-49-46-43-40-37-34-32-29-26-23-20-17-14-11-8-5-2/h22,25,31,33,36,38,70H,4-21,23-24,26-30,32,34-35,37,39-69H2,1-3H3/b25-22-,33-31-,38-36-. The Morgan fingerprint density at radius 2 is 0.456 bits per heavy atom. The van der Waals surface area contributed by atoms with Gasteiger partial charge in [0.1, 0.15) is 13.2 Å². The van der Waals surface area contributed by atoms with Gasteiger partial charge in [-0.1, -0.05) is 353 Å². The Hall–Kier alpha value is -2.37. The fourth-order valence-electron chi connectivity index (χ4n) is 10.8. The number of esters is 3. The molecule has 6 nitrogen and oxygen atoms in total. The first kappa shape index (κ1) is 76.6. The lowest BCUT2D eigenvalue weighted by Crippen LogP contribution is -2.30. The molecule has 0 aliphatic carbocycles. The predicted molar refractivity (Wildman–Crippen MR) is 344 cm³/mol. The van der Waals surface area contributed by atoms with E-state index in [1.807, 2.05) is 0 Å². The molecule has 79 heavy (non-hydrogen) atoms. The Bertz CT molecular complexity index is 1320. The summed E-state index contributed by atoms with van der Waals surface area (Å²) in [5, 5.41) is 0. The van der Waals surface area contributed by atoms with Gasteiger partial charge in [-0.15, -0.1) is 0 Å². The van der Waals surface area contributed by atoms with Gasteiger partial charge in [0.2, 0.25) is 0 Å². The van der Waals surface area contributed by atoms with Crippen molar-refractivity contribution in [3.63, 3.8) is 0 Å². The Balaban J connectivity index is 4.32. The number of hydrogen-bond donors (Lipinski definition) is 0. The summed E-state index contributed by atoms with van der Waals surface area (Å²) in [6, 6.07) is 0. The molecule has 0 bridgehead atoms. The highest BCUT2D eigenvalue weighted by atomic mass is 16.6. The zero-order chi connectivity index (χ0) is 57.1. The number of unbranched alkanes of at least 4 members (excludes halogenated alkanes) is 49. The molecule has 0 radical (unpaired) electrons. The van der Waals surface area contributed by atoms with Gasteiger partial charge >= 0.3 is 17.9 Å². The lowest BCUT2D eigenvalue weighted by Gasteiger charge is -2.18. The van der Waals surface area contributed by atoms with Crippen LogP contribution in [0.3, 0.4) is 0 Å². The van der Waals surface area contributed by atoms with Crippen LogP contribution in [-0.4, -0.2) is 37.2 Å². The van der Waals surface area contributed by atoms with Crippen LogP contribution in [0.5, 0.6) is 0 Å². The van der Waals surface area contributed by atoms with Gasteiger partial charge in [0.15, 0.2) is 6.10 Å². The summed E-state index contributed by atoms with van der Waals surface area (Å²) in [5.74, 6) is -0.843. The van der Waals surface area contributed by atoms with Crippen LogP contribution in [0.4, 0.5) is 0 Å². The molecule has 0 aromatic rings.